The Bertz CT molecular complexity index is 581. The molecular formula is C20H28N2O. The molecule has 124 valence electrons. The molecule has 2 fully saturated rings. The van der Waals surface area contributed by atoms with Gasteiger partial charge in [0.2, 0.25) is 5.91 Å². The molecule has 0 spiro atoms. The minimum Gasteiger partial charge on any atom is -0.335 e. The monoisotopic (exact) mass is 312 g/mol. The van der Waals surface area contributed by atoms with E-state index in [4.69, 9.17) is 0 Å². The third-order valence-electron chi connectivity index (χ3n) is 5.39. The van der Waals surface area contributed by atoms with Crippen LogP contribution in [0.3, 0.4) is 0 Å². The first-order chi connectivity index (χ1) is 11.2. The van der Waals surface area contributed by atoms with Crippen molar-refractivity contribution in [3.8, 4) is 0 Å². The number of carbonyl (C=O) groups excluding carboxylic acids is 1. The molecule has 1 aromatic rings. The molecule has 0 bridgehead atoms. The normalized spacial score (nSPS) is 26.9. The van der Waals surface area contributed by atoms with E-state index < -0.39 is 0 Å². The molecule has 1 amide bonds. The maximum atomic E-state index is 12.8. The average molecular weight is 312 g/mol. The molecule has 23 heavy (non-hydrogen) atoms. The molecule has 0 unspecified atom stereocenters. The molecule has 2 aliphatic rings. The molecule has 1 aromatic carbocycles. The van der Waals surface area contributed by atoms with Crippen molar-refractivity contribution in [3.63, 3.8) is 0 Å². The Morgan fingerprint density at radius 3 is 2.96 bits per heavy atom. The summed E-state index contributed by atoms with van der Waals surface area (Å²) in [5.41, 5.74) is 2.64. The Kier molecular flexibility index (Phi) is 5.16. The number of likely N-dealkylation sites (tertiary alicyclic amines) is 1. The van der Waals surface area contributed by atoms with Crippen molar-refractivity contribution < 1.29 is 4.79 Å². The smallest absolute Gasteiger partial charge is 0.223 e. The number of benzene rings is 1. The van der Waals surface area contributed by atoms with Crippen LogP contribution < -0.4 is 5.32 Å². The predicted octanol–water partition coefficient (Wildman–Crippen LogP) is 3.46. The molecule has 1 N–H and O–H groups in total. The van der Waals surface area contributed by atoms with Crippen molar-refractivity contribution in [2.75, 3.05) is 19.6 Å². The van der Waals surface area contributed by atoms with Gasteiger partial charge in [0.1, 0.15) is 0 Å². The van der Waals surface area contributed by atoms with Gasteiger partial charge in [-0.3, -0.25) is 4.79 Å². The Morgan fingerprint density at radius 1 is 1.35 bits per heavy atom. The molecule has 2 heterocycles. The minimum atomic E-state index is 0.255. The van der Waals surface area contributed by atoms with Gasteiger partial charge in [-0.1, -0.05) is 36.4 Å². The molecule has 3 rings (SSSR count). The number of hydrogen-bond acceptors (Lipinski definition) is 2. The summed E-state index contributed by atoms with van der Waals surface area (Å²) in [6.07, 6.45) is 6.83. The topological polar surface area (TPSA) is 32.3 Å². The molecule has 3 heteroatoms. The van der Waals surface area contributed by atoms with Gasteiger partial charge in [-0.15, -0.1) is 0 Å². The summed E-state index contributed by atoms with van der Waals surface area (Å²) in [7, 11) is 0. The molecule has 2 aliphatic heterocycles. The molecule has 0 radical (unpaired) electrons. The highest BCUT2D eigenvalue weighted by Gasteiger charge is 2.46. The van der Waals surface area contributed by atoms with Gasteiger partial charge >= 0.3 is 0 Å². The summed E-state index contributed by atoms with van der Waals surface area (Å²) in [5, 5.41) is 3.52. The van der Waals surface area contributed by atoms with Gasteiger partial charge in [0.25, 0.3) is 0 Å². The average Bonchev–Trinajstić information content (AvgIpc) is 3.13. The highest BCUT2D eigenvalue weighted by Crippen LogP contribution is 2.43. The van der Waals surface area contributed by atoms with E-state index in [0.717, 1.165) is 32.5 Å². The molecule has 0 aromatic heterocycles. The minimum absolute atomic E-state index is 0.255. The van der Waals surface area contributed by atoms with Crippen LogP contribution in [0.4, 0.5) is 0 Å². The Balaban J connectivity index is 1.78. The number of amides is 1. The quantitative estimate of drug-likeness (QED) is 0.667. The Labute approximate surface area is 139 Å². The maximum Gasteiger partial charge on any atom is 0.223 e. The third kappa shape index (κ3) is 3.35. The van der Waals surface area contributed by atoms with Crippen LogP contribution in [0.2, 0.25) is 0 Å². The number of nitrogens with one attached hydrogen (secondary N) is 1. The van der Waals surface area contributed by atoms with Crippen molar-refractivity contribution in [1.82, 2.24) is 10.2 Å². The molecule has 3 atom stereocenters. The summed E-state index contributed by atoms with van der Waals surface area (Å²) >= 11 is 0. The molecule has 2 saturated heterocycles. The van der Waals surface area contributed by atoms with Crippen molar-refractivity contribution in [2.24, 2.45) is 11.8 Å². The second-order valence-corrected chi connectivity index (χ2v) is 6.89. The zero-order valence-electron chi connectivity index (χ0n) is 14.3. The number of hydrogen-bond donors (Lipinski definition) is 1. The van der Waals surface area contributed by atoms with Crippen LogP contribution in [0.5, 0.6) is 0 Å². The van der Waals surface area contributed by atoms with E-state index in [1.54, 1.807) is 0 Å². The number of unbranched alkanes of at least 4 members (excludes halogenated alkanes) is 1. The van der Waals surface area contributed by atoms with Gasteiger partial charge in [0, 0.05) is 32.0 Å². The fourth-order valence-corrected chi connectivity index (χ4v) is 4.18. The van der Waals surface area contributed by atoms with Crippen LogP contribution in [-0.2, 0) is 4.79 Å². The van der Waals surface area contributed by atoms with E-state index in [9.17, 15) is 4.79 Å². The van der Waals surface area contributed by atoms with Crippen LogP contribution in [0.15, 0.2) is 36.4 Å². The summed E-state index contributed by atoms with van der Waals surface area (Å²) in [4.78, 5) is 15.0. The van der Waals surface area contributed by atoms with Gasteiger partial charge in [0.05, 0.1) is 6.04 Å². The van der Waals surface area contributed by atoms with Gasteiger partial charge < -0.3 is 10.2 Å². The fourth-order valence-electron chi connectivity index (χ4n) is 4.18. The van der Waals surface area contributed by atoms with E-state index >= 15 is 0 Å². The number of allylic oxidation sites excluding steroid dienone is 2. The Morgan fingerprint density at radius 2 is 2.17 bits per heavy atom. The third-order valence-corrected chi connectivity index (χ3v) is 5.39. The van der Waals surface area contributed by atoms with Crippen molar-refractivity contribution in [3.05, 3.63) is 47.5 Å². The zero-order valence-corrected chi connectivity index (χ0v) is 14.3. The molecule has 0 aliphatic carbocycles. The highest BCUT2D eigenvalue weighted by atomic mass is 16.2. The van der Waals surface area contributed by atoms with E-state index in [2.05, 4.69) is 53.6 Å². The molecular weight excluding hydrogens is 284 g/mol. The highest BCUT2D eigenvalue weighted by molar-refractivity contribution is 5.77. The lowest BCUT2D eigenvalue weighted by Gasteiger charge is -2.29. The maximum absolute atomic E-state index is 12.8. The largest absolute Gasteiger partial charge is 0.335 e. The zero-order chi connectivity index (χ0) is 16.2. The van der Waals surface area contributed by atoms with E-state index in [0.29, 0.717) is 24.2 Å². The number of rotatable bonds is 5. The van der Waals surface area contributed by atoms with E-state index in [1.165, 1.54) is 11.1 Å². The SMILES string of the molecule is C/C=C/CCCC(=O)N1C[C@@H]2CNC[C@@H]2[C@@H]1c1ccccc1C. The molecule has 3 nitrogen and oxygen atoms in total. The van der Waals surface area contributed by atoms with Crippen molar-refractivity contribution >= 4 is 5.91 Å². The van der Waals surface area contributed by atoms with E-state index in [1.807, 2.05) is 6.92 Å². The van der Waals surface area contributed by atoms with Gasteiger partial charge in [-0.25, -0.2) is 0 Å². The summed E-state index contributed by atoms with van der Waals surface area (Å²) < 4.78 is 0. The van der Waals surface area contributed by atoms with Crippen molar-refractivity contribution in [1.29, 1.82) is 0 Å². The second kappa shape index (κ2) is 7.31. The summed E-state index contributed by atoms with van der Waals surface area (Å²) in [6, 6.07) is 8.82. The number of aryl methyl sites for hydroxylation is 1. The first-order valence-corrected chi connectivity index (χ1v) is 8.89. The summed E-state index contributed by atoms with van der Waals surface area (Å²) in [5.74, 6) is 1.51. The van der Waals surface area contributed by atoms with Crippen LogP contribution >= 0.6 is 0 Å². The second-order valence-electron chi connectivity index (χ2n) is 6.89. The lowest BCUT2D eigenvalue weighted by Crippen LogP contribution is -2.34. The standard InChI is InChI=1S/C20H28N2O/c1-3-4-5-6-11-19(23)22-14-16-12-21-13-18(16)20(22)17-10-8-7-9-15(17)2/h3-4,7-10,16,18,20-21H,5-6,11-14H2,1-2H3/b4-3+/t16-,18-,20-/m0/s1. The number of nitrogens with zero attached hydrogens (tertiary/aromatic N) is 1. The number of fused-ring (bicyclic) bond motifs is 1. The first kappa shape index (κ1) is 16.3. The lowest BCUT2D eigenvalue weighted by atomic mass is 9.87. The predicted molar refractivity (Wildman–Crippen MR) is 94.1 cm³/mol. The fraction of sp³-hybridized carbons (Fsp3) is 0.550. The van der Waals surface area contributed by atoms with Crippen molar-refractivity contribution in [2.45, 2.75) is 39.2 Å². The van der Waals surface area contributed by atoms with Crippen LogP contribution in [-0.4, -0.2) is 30.4 Å². The van der Waals surface area contributed by atoms with Crippen LogP contribution in [0.1, 0.15) is 43.4 Å². The molecule has 0 saturated carbocycles. The Hall–Kier alpha value is -1.61. The van der Waals surface area contributed by atoms with Crippen LogP contribution in [0, 0.1) is 18.8 Å². The van der Waals surface area contributed by atoms with E-state index in [-0.39, 0.29) is 6.04 Å². The van der Waals surface area contributed by atoms with Gasteiger partial charge in [-0.05, 0) is 43.7 Å². The van der Waals surface area contributed by atoms with Gasteiger partial charge in [0.15, 0.2) is 0 Å². The summed E-state index contributed by atoms with van der Waals surface area (Å²) in [6.45, 7) is 7.20. The lowest BCUT2D eigenvalue weighted by molar-refractivity contribution is -0.132. The number of carbonyl (C=O) groups is 1. The van der Waals surface area contributed by atoms with Gasteiger partial charge in [-0.2, -0.15) is 0 Å². The van der Waals surface area contributed by atoms with Crippen LogP contribution in [0.25, 0.3) is 0 Å². The first-order valence-electron chi connectivity index (χ1n) is 8.89.